The molecule has 1 saturated heterocycles. The van der Waals surface area contributed by atoms with Crippen molar-refractivity contribution in [2.24, 2.45) is 5.92 Å². The second kappa shape index (κ2) is 7.01. The van der Waals surface area contributed by atoms with E-state index in [-0.39, 0.29) is 0 Å². The quantitative estimate of drug-likeness (QED) is 0.882. The van der Waals surface area contributed by atoms with E-state index in [1.165, 1.54) is 18.7 Å². The number of piperazine rings is 1. The van der Waals surface area contributed by atoms with Gasteiger partial charge in [-0.25, -0.2) is 0 Å². The van der Waals surface area contributed by atoms with Crippen LogP contribution >= 0.6 is 0 Å². The molecule has 0 radical (unpaired) electrons. The molecule has 1 aromatic rings. The molecule has 2 heterocycles. The third-order valence-electron chi connectivity index (χ3n) is 4.18. The van der Waals surface area contributed by atoms with E-state index in [9.17, 15) is 0 Å². The molecule has 2 unspecified atom stereocenters. The Kier molecular flexibility index (Phi) is 5.34. The molecule has 0 aromatic carbocycles. The summed E-state index contributed by atoms with van der Waals surface area (Å²) in [7, 11) is 0. The zero-order valence-corrected chi connectivity index (χ0v) is 12.5. The summed E-state index contributed by atoms with van der Waals surface area (Å²) in [4.78, 5) is 7.09. The van der Waals surface area contributed by atoms with Crippen LogP contribution in [0.5, 0.6) is 0 Å². The van der Waals surface area contributed by atoms with Crippen molar-refractivity contribution in [1.29, 1.82) is 0 Å². The van der Waals surface area contributed by atoms with Gasteiger partial charge >= 0.3 is 0 Å². The lowest BCUT2D eigenvalue weighted by molar-refractivity contribution is 0.0982. The molecular formula is C16H27N3. The molecule has 1 fully saturated rings. The van der Waals surface area contributed by atoms with Gasteiger partial charge in [-0.1, -0.05) is 26.8 Å². The van der Waals surface area contributed by atoms with E-state index in [0.717, 1.165) is 19.5 Å². The summed E-state index contributed by atoms with van der Waals surface area (Å²) in [6, 6.07) is 7.50. The normalized spacial score (nSPS) is 24.8. The molecule has 0 aliphatic carbocycles. The van der Waals surface area contributed by atoms with Crippen LogP contribution in [-0.4, -0.2) is 41.6 Å². The van der Waals surface area contributed by atoms with Crippen molar-refractivity contribution in [3.63, 3.8) is 0 Å². The summed E-state index contributed by atoms with van der Waals surface area (Å²) < 4.78 is 0. The molecule has 0 spiro atoms. The maximum absolute atomic E-state index is 4.43. The number of rotatable bonds is 5. The van der Waals surface area contributed by atoms with E-state index < -0.39 is 0 Å². The molecule has 3 nitrogen and oxygen atoms in total. The first-order chi connectivity index (χ1) is 9.20. The van der Waals surface area contributed by atoms with Crippen LogP contribution in [-0.2, 0) is 6.42 Å². The molecule has 1 aliphatic heterocycles. The summed E-state index contributed by atoms with van der Waals surface area (Å²) in [5.41, 5.74) is 1.21. The highest BCUT2D eigenvalue weighted by Gasteiger charge is 2.28. The predicted octanol–water partition coefficient (Wildman–Crippen LogP) is 2.33. The minimum absolute atomic E-state index is 0.652. The SMILES string of the molecule is CCC1CN(CCc2ccccn2)C(C(C)C)CN1. The van der Waals surface area contributed by atoms with Crippen molar-refractivity contribution < 1.29 is 0 Å². The summed E-state index contributed by atoms with van der Waals surface area (Å²) >= 11 is 0. The molecule has 2 atom stereocenters. The molecular weight excluding hydrogens is 234 g/mol. The lowest BCUT2D eigenvalue weighted by atomic mass is 9.97. The molecule has 19 heavy (non-hydrogen) atoms. The van der Waals surface area contributed by atoms with Gasteiger partial charge in [0.15, 0.2) is 0 Å². The summed E-state index contributed by atoms with van der Waals surface area (Å²) in [6.45, 7) is 10.3. The first kappa shape index (κ1) is 14.5. The smallest absolute Gasteiger partial charge is 0.0416 e. The lowest BCUT2D eigenvalue weighted by Gasteiger charge is -2.42. The van der Waals surface area contributed by atoms with Gasteiger partial charge in [0.25, 0.3) is 0 Å². The summed E-state index contributed by atoms with van der Waals surface area (Å²) in [6.07, 6.45) is 4.16. The van der Waals surface area contributed by atoms with Crippen LogP contribution < -0.4 is 5.32 Å². The monoisotopic (exact) mass is 261 g/mol. The Bertz CT molecular complexity index is 364. The molecule has 106 valence electrons. The average Bonchev–Trinajstić information content (AvgIpc) is 2.45. The van der Waals surface area contributed by atoms with Crippen molar-refractivity contribution in [1.82, 2.24) is 15.2 Å². The standard InChI is InChI=1S/C16H27N3/c1-4-14-12-19(16(11-18-14)13(2)3)10-8-15-7-5-6-9-17-15/h5-7,9,13-14,16,18H,4,8,10-12H2,1-3H3. The van der Waals surface area contributed by atoms with Gasteiger partial charge in [0.2, 0.25) is 0 Å². The van der Waals surface area contributed by atoms with Gasteiger partial charge in [0, 0.05) is 50.0 Å². The highest BCUT2D eigenvalue weighted by atomic mass is 15.2. The first-order valence-electron chi connectivity index (χ1n) is 7.58. The molecule has 0 amide bonds. The lowest BCUT2D eigenvalue weighted by Crippen LogP contribution is -2.58. The van der Waals surface area contributed by atoms with Crippen LogP contribution in [0.3, 0.4) is 0 Å². The third-order valence-corrected chi connectivity index (χ3v) is 4.18. The molecule has 1 N–H and O–H groups in total. The van der Waals surface area contributed by atoms with Gasteiger partial charge < -0.3 is 5.32 Å². The minimum Gasteiger partial charge on any atom is -0.311 e. The van der Waals surface area contributed by atoms with Crippen LogP contribution in [0.1, 0.15) is 32.9 Å². The molecule has 1 aliphatic rings. The largest absolute Gasteiger partial charge is 0.311 e. The van der Waals surface area contributed by atoms with Crippen LogP contribution in [0, 0.1) is 5.92 Å². The fourth-order valence-corrected chi connectivity index (χ4v) is 2.89. The zero-order chi connectivity index (χ0) is 13.7. The highest BCUT2D eigenvalue weighted by molar-refractivity contribution is 5.04. The molecule has 2 rings (SSSR count). The Balaban J connectivity index is 1.93. The van der Waals surface area contributed by atoms with E-state index in [1.54, 1.807) is 0 Å². The molecule has 3 heteroatoms. The van der Waals surface area contributed by atoms with E-state index in [4.69, 9.17) is 0 Å². The van der Waals surface area contributed by atoms with Gasteiger partial charge in [-0.3, -0.25) is 9.88 Å². The Morgan fingerprint density at radius 1 is 1.42 bits per heavy atom. The van der Waals surface area contributed by atoms with E-state index >= 15 is 0 Å². The predicted molar refractivity (Wildman–Crippen MR) is 80.2 cm³/mol. The Labute approximate surface area is 117 Å². The Hall–Kier alpha value is -0.930. The Morgan fingerprint density at radius 3 is 2.89 bits per heavy atom. The van der Waals surface area contributed by atoms with Gasteiger partial charge in [0.1, 0.15) is 0 Å². The van der Waals surface area contributed by atoms with Gasteiger partial charge in [-0.15, -0.1) is 0 Å². The number of nitrogens with one attached hydrogen (secondary N) is 1. The van der Waals surface area contributed by atoms with Crippen molar-refractivity contribution in [2.75, 3.05) is 19.6 Å². The van der Waals surface area contributed by atoms with Gasteiger partial charge in [-0.05, 0) is 24.5 Å². The van der Waals surface area contributed by atoms with Gasteiger partial charge in [0.05, 0.1) is 0 Å². The third kappa shape index (κ3) is 4.02. The van der Waals surface area contributed by atoms with E-state index in [1.807, 2.05) is 12.3 Å². The average molecular weight is 261 g/mol. The Morgan fingerprint density at radius 2 is 2.26 bits per heavy atom. The molecule has 0 saturated carbocycles. The maximum Gasteiger partial charge on any atom is 0.0416 e. The number of nitrogens with zero attached hydrogens (tertiary/aromatic N) is 2. The van der Waals surface area contributed by atoms with Crippen LogP contribution in [0.25, 0.3) is 0 Å². The van der Waals surface area contributed by atoms with Crippen LogP contribution in [0.4, 0.5) is 0 Å². The first-order valence-corrected chi connectivity index (χ1v) is 7.58. The summed E-state index contributed by atoms with van der Waals surface area (Å²) in [5, 5.41) is 3.67. The fourth-order valence-electron chi connectivity index (χ4n) is 2.89. The van der Waals surface area contributed by atoms with Crippen LogP contribution in [0.15, 0.2) is 24.4 Å². The number of pyridine rings is 1. The zero-order valence-electron chi connectivity index (χ0n) is 12.5. The minimum atomic E-state index is 0.652. The highest BCUT2D eigenvalue weighted by Crippen LogP contribution is 2.16. The van der Waals surface area contributed by atoms with Crippen molar-refractivity contribution in [2.45, 2.75) is 45.7 Å². The maximum atomic E-state index is 4.43. The topological polar surface area (TPSA) is 28.2 Å². The van der Waals surface area contributed by atoms with Crippen LogP contribution in [0.2, 0.25) is 0 Å². The van der Waals surface area contributed by atoms with Gasteiger partial charge in [-0.2, -0.15) is 0 Å². The van der Waals surface area contributed by atoms with E-state index in [2.05, 4.69) is 48.1 Å². The van der Waals surface area contributed by atoms with E-state index in [0.29, 0.717) is 18.0 Å². The molecule has 0 bridgehead atoms. The number of hydrogen-bond donors (Lipinski definition) is 1. The second-order valence-corrected chi connectivity index (χ2v) is 5.89. The van der Waals surface area contributed by atoms with Crippen molar-refractivity contribution in [3.05, 3.63) is 30.1 Å². The van der Waals surface area contributed by atoms with Crippen molar-refractivity contribution >= 4 is 0 Å². The second-order valence-electron chi connectivity index (χ2n) is 5.89. The number of aromatic nitrogens is 1. The fraction of sp³-hybridized carbons (Fsp3) is 0.688. The summed E-state index contributed by atoms with van der Waals surface area (Å²) in [5.74, 6) is 0.703. The molecule has 1 aromatic heterocycles. The number of hydrogen-bond acceptors (Lipinski definition) is 3. The van der Waals surface area contributed by atoms with Crippen molar-refractivity contribution in [3.8, 4) is 0 Å².